The van der Waals surface area contributed by atoms with Crippen molar-refractivity contribution in [2.45, 2.75) is 45.4 Å². The molecule has 0 aliphatic carbocycles. The Labute approximate surface area is 140 Å². The molecule has 24 heavy (non-hydrogen) atoms. The fourth-order valence-electron chi connectivity index (χ4n) is 2.45. The zero-order valence-corrected chi connectivity index (χ0v) is 13.9. The zero-order valence-electron chi connectivity index (χ0n) is 13.9. The summed E-state index contributed by atoms with van der Waals surface area (Å²) in [6.07, 6.45) is -0.224. The molecule has 1 aromatic carbocycles. The molecule has 0 bridgehead atoms. The fraction of sp³-hybridized carbons (Fsp3) is 0.471. The van der Waals surface area contributed by atoms with Gasteiger partial charge in [0.1, 0.15) is 17.5 Å². The SMILES string of the molecule is CC(C)(C)OC(=O)N[C@H]1CCN(Cc2cc(C#N)ccc2F)C1=O. The average Bonchev–Trinajstić information content (AvgIpc) is 2.80. The van der Waals surface area contributed by atoms with Crippen molar-refractivity contribution in [2.75, 3.05) is 6.54 Å². The van der Waals surface area contributed by atoms with E-state index in [0.29, 0.717) is 18.5 Å². The highest BCUT2D eigenvalue weighted by Gasteiger charge is 2.34. The third kappa shape index (κ3) is 4.44. The number of hydrogen-bond acceptors (Lipinski definition) is 4. The van der Waals surface area contributed by atoms with Crippen molar-refractivity contribution in [1.29, 1.82) is 5.26 Å². The second kappa shape index (κ2) is 6.87. The maximum absolute atomic E-state index is 13.8. The Morgan fingerprint density at radius 1 is 1.50 bits per heavy atom. The Morgan fingerprint density at radius 2 is 2.21 bits per heavy atom. The van der Waals surface area contributed by atoms with E-state index in [9.17, 15) is 14.0 Å². The highest BCUT2D eigenvalue weighted by Crippen LogP contribution is 2.19. The normalized spacial score (nSPS) is 17.5. The minimum Gasteiger partial charge on any atom is -0.444 e. The van der Waals surface area contributed by atoms with Gasteiger partial charge in [-0.25, -0.2) is 9.18 Å². The van der Waals surface area contributed by atoms with Crippen LogP contribution >= 0.6 is 0 Å². The minimum absolute atomic E-state index is 0.0622. The molecule has 1 atom stereocenters. The molecule has 128 valence electrons. The van der Waals surface area contributed by atoms with Gasteiger partial charge in [0, 0.05) is 18.7 Å². The van der Waals surface area contributed by atoms with Crippen LogP contribution in [-0.4, -0.2) is 35.1 Å². The second-order valence-corrected chi connectivity index (χ2v) is 6.67. The molecule has 0 saturated carbocycles. The van der Waals surface area contributed by atoms with Gasteiger partial charge in [0.05, 0.1) is 11.6 Å². The summed E-state index contributed by atoms with van der Waals surface area (Å²) in [5.41, 5.74) is -0.0338. The molecule has 1 aliphatic heterocycles. The topological polar surface area (TPSA) is 82.4 Å². The summed E-state index contributed by atoms with van der Waals surface area (Å²) in [4.78, 5) is 25.6. The number of nitrogens with zero attached hydrogens (tertiary/aromatic N) is 2. The molecule has 1 aliphatic rings. The monoisotopic (exact) mass is 333 g/mol. The lowest BCUT2D eigenvalue weighted by molar-refractivity contribution is -0.130. The number of nitriles is 1. The lowest BCUT2D eigenvalue weighted by Crippen LogP contribution is -2.43. The first kappa shape index (κ1) is 17.7. The molecule has 2 amide bonds. The van der Waals surface area contributed by atoms with Crippen molar-refractivity contribution in [1.82, 2.24) is 10.2 Å². The summed E-state index contributed by atoms with van der Waals surface area (Å²) < 4.78 is 19.0. The van der Waals surface area contributed by atoms with Crippen LogP contribution in [0.1, 0.15) is 38.3 Å². The number of carbonyl (C=O) groups is 2. The van der Waals surface area contributed by atoms with Gasteiger partial charge in [0.15, 0.2) is 0 Å². The number of likely N-dealkylation sites (tertiary alicyclic amines) is 1. The first-order valence-corrected chi connectivity index (χ1v) is 7.66. The van der Waals surface area contributed by atoms with Gasteiger partial charge in [-0.3, -0.25) is 4.79 Å². The number of halogens is 1. The number of amides is 2. The third-order valence-electron chi connectivity index (χ3n) is 3.52. The number of alkyl carbamates (subject to hydrolysis) is 1. The maximum Gasteiger partial charge on any atom is 0.408 e. The van der Waals surface area contributed by atoms with E-state index in [1.54, 1.807) is 20.8 Å². The molecule has 0 unspecified atom stereocenters. The average molecular weight is 333 g/mol. The van der Waals surface area contributed by atoms with Gasteiger partial charge < -0.3 is 15.0 Å². The number of carbonyl (C=O) groups excluding carboxylic acids is 2. The molecule has 7 heteroatoms. The van der Waals surface area contributed by atoms with Crippen molar-refractivity contribution in [2.24, 2.45) is 0 Å². The van der Waals surface area contributed by atoms with Crippen molar-refractivity contribution in [3.8, 4) is 6.07 Å². The molecule has 0 spiro atoms. The van der Waals surface area contributed by atoms with Crippen molar-refractivity contribution in [3.63, 3.8) is 0 Å². The van der Waals surface area contributed by atoms with Crippen LogP contribution in [0.25, 0.3) is 0 Å². The van der Waals surface area contributed by atoms with Gasteiger partial charge in [-0.05, 0) is 45.4 Å². The van der Waals surface area contributed by atoms with Crippen LogP contribution in [0.15, 0.2) is 18.2 Å². The molecule has 1 fully saturated rings. The summed E-state index contributed by atoms with van der Waals surface area (Å²) >= 11 is 0. The molecule has 1 saturated heterocycles. The van der Waals surface area contributed by atoms with Crippen molar-refractivity contribution in [3.05, 3.63) is 35.1 Å². The van der Waals surface area contributed by atoms with Gasteiger partial charge in [0.25, 0.3) is 0 Å². The van der Waals surface area contributed by atoms with Crippen LogP contribution in [0, 0.1) is 17.1 Å². The molecule has 1 aromatic rings. The van der Waals surface area contributed by atoms with Gasteiger partial charge in [-0.15, -0.1) is 0 Å². The first-order valence-electron chi connectivity index (χ1n) is 7.66. The highest BCUT2D eigenvalue weighted by atomic mass is 19.1. The lowest BCUT2D eigenvalue weighted by atomic mass is 10.1. The van der Waals surface area contributed by atoms with E-state index < -0.39 is 23.6 Å². The van der Waals surface area contributed by atoms with Crippen LogP contribution in [0.3, 0.4) is 0 Å². The van der Waals surface area contributed by atoms with Crippen LogP contribution in [-0.2, 0) is 16.1 Å². The number of benzene rings is 1. The predicted molar refractivity (Wildman–Crippen MR) is 84.3 cm³/mol. The van der Waals surface area contributed by atoms with E-state index in [-0.39, 0.29) is 18.0 Å². The van der Waals surface area contributed by atoms with E-state index in [4.69, 9.17) is 10.00 Å². The first-order chi connectivity index (χ1) is 11.2. The van der Waals surface area contributed by atoms with E-state index in [0.717, 1.165) is 0 Å². The molecular weight excluding hydrogens is 313 g/mol. The number of hydrogen-bond donors (Lipinski definition) is 1. The number of nitrogens with one attached hydrogen (secondary N) is 1. The van der Waals surface area contributed by atoms with Crippen LogP contribution in [0.2, 0.25) is 0 Å². The maximum atomic E-state index is 13.8. The van der Waals surface area contributed by atoms with Crippen LogP contribution in [0.4, 0.5) is 9.18 Å². The lowest BCUT2D eigenvalue weighted by Gasteiger charge is -2.21. The van der Waals surface area contributed by atoms with E-state index in [2.05, 4.69) is 5.32 Å². The summed E-state index contributed by atoms with van der Waals surface area (Å²) in [6.45, 7) is 5.67. The molecule has 2 rings (SSSR count). The standard InChI is InChI=1S/C17H20FN3O3/c1-17(2,3)24-16(23)20-14-6-7-21(15(14)22)10-12-8-11(9-19)4-5-13(12)18/h4-5,8,14H,6-7,10H2,1-3H3,(H,20,23)/t14-/m0/s1. The smallest absolute Gasteiger partial charge is 0.408 e. The summed E-state index contributed by atoms with van der Waals surface area (Å²) in [6, 6.07) is 5.29. The Balaban J connectivity index is 1.99. The summed E-state index contributed by atoms with van der Waals surface area (Å²) in [5.74, 6) is -0.757. The van der Waals surface area contributed by atoms with Gasteiger partial charge in [-0.1, -0.05) is 0 Å². The fourth-order valence-corrected chi connectivity index (χ4v) is 2.45. The Morgan fingerprint density at radius 3 is 2.83 bits per heavy atom. The quantitative estimate of drug-likeness (QED) is 0.920. The van der Waals surface area contributed by atoms with Gasteiger partial charge >= 0.3 is 6.09 Å². The Hall–Kier alpha value is -2.62. The molecule has 6 nitrogen and oxygen atoms in total. The van der Waals surface area contributed by atoms with Crippen LogP contribution < -0.4 is 5.32 Å². The molecule has 0 radical (unpaired) electrons. The highest BCUT2D eigenvalue weighted by molar-refractivity contribution is 5.87. The number of ether oxygens (including phenoxy) is 1. The third-order valence-corrected chi connectivity index (χ3v) is 3.52. The largest absolute Gasteiger partial charge is 0.444 e. The predicted octanol–water partition coefficient (Wildman–Crippen LogP) is 2.32. The second-order valence-electron chi connectivity index (χ2n) is 6.67. The zero-order chi connectivity index (χ0) is 17.9. The minimum atomic E-state index is -0.679. The molecule has 1 heterocycles. The Kier molecular flexibility index (Phi) is 5.07. The molecule has 1 N–H and O–H groups in total. The Bertz CT molecular complexity index is 691. The van der Waals surface area contributed by atoms with E-state index >= 15 is 0 Å². The van der Waals surface area contributed by atoms with Gasteiger partial charge in [-0.2, -0.15) is 5.26 Å². The number of rotatable bonds is 3. The van der Waals surface area contributed by atoms with Crippen LogP contribution in [0.5, 0.6) is 0 Å². The summed E-state index contributed by atoms with van der Waals surface area (Å²) in [5, 5.41) is 11.4. The van der Waals surface area contributed by atoms with E-state index in [1.165, 1.54) is 23.1 Å². The summed E-state index contributed by atoms with van der Waals surface area (Å²) in [7, 11) is 0. The van der Waals surface area contributed by atoms with Crippen molar-refractivity contribution < 1.29 is 18.7 Å². The van der Waals surface area contributed by atoms with Crippen molar-refractivity contribution >= 4 is 12.0 Å². The van der Waals surface area contributed by atoms with Gasteiger partial charge in [0.2, 0.25) is 5.91 Å². The molecular formula is C17H20FN3O3. The van der Waals surface area contributed by atoms with E-state index in [1.807, 2.05) is 6.07 Å². The molecule has 0 aromatic heterocycles.